The quantitative estimate of drug-likeness (QED) is 0.843. The topological polar surface area (TPSA) is 63.6 Å². The molecule has 2 aromatic rings. The number of aromatic hydroxyl groups is 1. The van der Waals surface area contributed by atoms with Crippen LogP contribution in [-0.4, -0.2) is 31.4 Å². The molecule has 0 aliphatic heterocycles. The number of aldehydes is 2. The number of carbonyl (C=O) groups is 2. The van der Waals surface area contributed by atoms with Gasteiger partial charge in [-0.15, -0.1) is 0 Å². The maximum Gasteiger partial charge on any atom is 0.150 e. The van der Waals surface area contributed by atoms with Gasteiger partial charge in [-0.25, -0.2) is 0 Å². The molecule has 0 saturated heterocycles. The Labute approximate surface area is 136 Å². The molecule has 0 heterocycles. The molecule has 0 radical (unpaired) electrons. The van der Waals surface area contributed by atoms with Crippen LogP contribution in [0.25, 0.3) is 0 Å². The van der Waals surface area contributed by atoms with Crippen molar-refractivity contribution in [3.05, 3.63) is 59.7 Å². The van der Waals surface area contributed by atoms with Gasteiger partial charge < -0.3 is 9.84 Å². The minimum atomic E-state index is -1.00. The number of halogens is 1. The predicted octanol–water partition coefficient (Wildman–Crippen LogP) is 4.08. The second kappa shape index (κ2) is 13.0. The van der Waals surface area contributed by atoms with Gasteiger partial charge in [-0.05, 0) is 55.0 Å². The fourth-order valence-corrected chi connectivity index (χ4v) is 1.42. The van der Waals surface area contributed by atoms with E-state index in [0.29, 0.717) is 11.1 Å². The van der Waals surface area contributed by atoms with E-state index in [-0.39, 0.29) is 5.75 Å². The zero-order chi connectivity index (χ0) is 18.2. The maximum atomic E-state index is 10.3. The van der Waals surface area contributed by atoms with Crippen LogP contribution >= 0.6 is 0 Å². The number of hydrogen-bond acceptors (Lipinski definition) is 4. The summed E-state index contributed by atoms with van der Waals surface area (Å²) in [6.45, 7) is 2.78. The van der Waals surface area contributed by atoms with Gasteiger partial charge in [-0.3, -0.25) is 14.0 Å². The van der Waals surface area contributed by atoms with Gasteiger partial charge in [0.25, 0.3) is 0 Å². The Kier molecular flexibility index (Phi) is 10.4. The minimum absolute atomic E-state index is 0.181. The molecule has 4 nitrogen and oxygen atoms in total. The second-order valence-corrected chi connectivity index (χ2v) is 4.24. The highest BCUT2D eigenvalue weighted by Gasteiger charge is 1.92. The van der Waals surface area contributed by atoms with Gasteiger partial charge in [-0.2, -0.15) is 0 Å². The molecule has 0 spiro atoms. The van der Waals surface area contributed by atoms with Gasteiger partial charge in [0.05, 0.1) is 15.1 Å². The molecule has 1 N–H and O–H groups in total. The van der Waals surface area contributed by atoms with Crippen molar-refractivity contribution in [2.75, 3.05) is 13.8 Å². The molecule has 0 aromatic heterocycles. The molecule has 2 rings (SSSR count). The standard InChI is InChI=1S/C10H12O2.C7H6O2.CH3F/c1-2-7-12-10-5-3-9(8-11)4-6-10;8-5-6-1-3-7(9)4-2-6;1-2/h3-6,8H,2,7H2,1H3;1-5,9H;1H3/i;;1D. The van der Waals surface area contributed by atoms with Gasteiger partial charge in [0.1, 0.15) is 24.1 Å². The van der Waals surface area contributed by atoms with E-state index >= 15 is 0 Å². The highest BCUT2D eigenvalue weighted by Crippen LogP contribution is 2.10. The minimum Gasteiger partial charge on any atom is -0.508 e. The van der Waals surface area contributed by atoms with Crippen molar-refractivity contribution in [1.82, 2.24) is 0 Å². The van der Waals surface area contributed by atoms with Crippen LogP contribution in [0.15, 0.2) is 48.5 Å². The van der Waals surface area contributed by atoms with Gasteiger partial charge in [0.2, 0.25) is 0 Å². The molecule has 0 aliphatic carbocycles. The average molecular weight is 321 g/mol. The lowest BCUT2D eigenvalue weighted by Gasteiger charge is -2.02. The lowest BCUT2D eigenvalue weighted by atomic mass is 10.2. The summed E-state index contributed by atoms with van der Waals surface area (Å²) in [6.07, 6.45) is 2.55. The van der Waals surface area contributed by atoms with Gasteiger partial charge >= 0.3 is 0 Å². The third-order valence-electron chi connectivity index (χ3n) is 2.52. The summed E-state index contributed by atoms with van der Waals surface area (Å²) in [5, 5.41) is 8.74. The highest BCUT2D eigenvalue weighted by atomic mass is 19.1. The SMILES string of the molecule is CCCOc1ccc(C=O)cc1.O=Cc1ccc(O)cc1.[2H]CF. The van der Waals surface area contributed by atoms with Crippen molar-refractivity contribution in [3.8, 4) is 11.5 Å². The van der Waals surface area contributed by atoms with Crippen molar-refractivity contribution in [1.29, 1.82) is 0 Å². The van der Waals surface area contributed by atoms with E-state index in [4.69, 9.17) is 11.2 Å². The normalized spacial score (nSPS) is 9.22. The van der Waals surface area contributed by atoms with Crippen LogP contribution in [0.1, 0.15) is 35.4 Å². The van der Waals surface area contributed by atoms with E-state index in [0.717, 1.165) is 31.3 Å². The summed E-state index contributed by atoms with van der Waals surface area (Å²) >= 11 is 0. The largest absolute Gasteiger partial charge is 0.508 e. The zero-order valence-corrected chi connectivity index (χ0v) is 12.9. The molecule has 0 fully saturated rings. The smallest absolute Gasteiger partial charge is 0.150 e. The number of phenols is 1. The number of rotatable bonds is 5. The molecule has 2 aromatic carbocycles. The second-order valence-electron chi connectivity index (χ2n) is 4.24. The summed E-state index contributed by atoms with van der Waals surface area (Å²) in [5.74, 6) is 1.00. The first kappa shape index (κ1) is 18.4. The number of ether oxygens (including phenoxy) is 1. The van der Waals surface area contributed by atoms with Crippen molar-refractivity contribution in [2.24, 2.45) is 0 Å². The van der Waals surface area contributed by atoms with Crippen LogP contribution in [0.3, 0.4) is 0 Å². The van der Waals surface area contributed by atoms with E-state index < -0.39 is 7.15 Å². The summed E-state index contributed by atoms with van der Waals surface area (Å²) in [7, 11) is -1.00. The van der Waals surface area contributed by atoms with Crippen molar-refractivity contribution in [3.63, 3.8) is 0 Å². The van der Waals surface area contributed by atoms with Gasteiger partial charge in [-0.1, -0.05) is 6.92 Å². The fourth-order valence-electron chi connectivity index (χ4n) is 1.42. The summed E-state index contributed by atoms with van der Waals surface area (Å²) in [5.41, 5.74) is 1.26. The predicted molar refractivity (Wildman–Crippen MR) is 88.1 cm³/mol. The summed E-state index contributed by atoms with van der Waals surface area (Å²) in [4.78, 5) is 20.3. The molecule has 0 saturated carbocycles. The Morgan fingerprint density at radius 3 is 1.87 bits per heavy atom. The number of carbonyl (C=O) groups excluding carboxylic acids is 2. The van der Waals surface area contributed by atoms with E-state index in [1.165, 1.54) is 12.1 Å². The Morgan fingerprint density at radius 2 is 1.48 bits per heavy atom. The van der Waals surface area contributed by atoms with Crippen molar-refractivity contribution >= 4 is 12.6 Å². The molecule has 5 heteroatoms. The van der Waals surface area contributed by atoms with Gasteiger partial charge in [0.15, 0.2) is 0 Å². The fraction of sp³-hybridized carbons (Fsp3) is 0.222. The first-order valence-electron chi connectivity index (χ1n) is 7.59. The molecule has 124 valence electrons. The third-order valence-corrected chi connectivity index (χ3v) is 2.52. The molecule has 0 amide bonds. The van der Waals surface area contributed by atoms with E-state index in [9.17, 15) is 14.0 Å². The maximum absolute atomic E-state index is 10.3. The van der Waals surface area contributed by atoms with E-state index in [1.54, 1.807) is 36.4 Å². The first-order chi connectivity index (χ1) is 11.6. The van der Waals surface area contributed by atoms with Crippen LogP contribution in [-0.2, 0) is 0 Å². The molecule has 0 bridgehead atoms. The van der Waals surface area contributed by atoms with Crippen LogP contribution in [0, 0.1) is 0 Å². The number of hydrogen-bond donors (Lipinski definition) is 1. The Morgan fingerprint density at radius 1 is 1.04 bits per heavy atom. The Hall–Kier alpha value is -2.69. The van der Waals surface area contributed by atoms with E-state index in [1.807, 2.05) is 0 Å². The lowest BCUT2D eigenvalue weighted by Crippen LogP contribution is -1.94. The number of benzene rings is 2. The third kappa shape index (κ3) is 9.03. The van der Waals surface area contributed by atoms with Gasteiger partial charge in [0, 0.05) is 11.1 Å². The molecule has 0 unspecified atom stereocenters. The first-order valence-corrected chi connectivity index (χ1v) is 6.88. The molecule has 0 atom stereocenters. The molecular weight excluding hydrogens is 299 g/mol. The Balaban J connectivity index is 0.000000390. The van der Waals surface area contributed by atoms with Crippen LogP contribution in [0.4, 0.5) is 4.39 Å². The summed E-state index contributed by atoms with van der Waals surface area (Å²) in [6, 6.07) is 13.2. The van der Waals surface area contributed by atoms with E-state index in [2.05, 4.69) is 6.92 Å². The summed E-state index contributed by atoms with van der Waals surface area (Å²) < 4.78 is 20.8. The number of alkyl halides is 1. The average Bonchev–Trinajstić information content (AvgIpc) is 2.62. The van der Waals surface area contributed by atoms with Crippen molar-refractivity contribution in [2.45, 2.75) is 13.3 Å². The molecule has 23 heavy (non-hydrogen) atoms. The van der Waals surface area contributed by atoms with Crippen LogP contribution in [0.5, 0.6) is 11.5 Å². The Bertz CT molecular complexity index is 571. The van der Waals surface area contributed by atoms with Crippen LogP contribution < -0.4 is 4.74 Å². The highest BCUT2D eigenvalue weighted by molar-refractivity contribution is 5.75. The molecular formula is C18H21FO4. The monoisotopic (exact) mass is 321 g/mol. The lowest BCUT2D eigenvalue weighted by molar-refractivity contribution is 0.111. The molecule has 0 aliphatic rings. The van der Waals surface area contributed by atoms with Crippen molar-refractivity contribution < 1.29 is 25.2 Å². The van der Waals surface area contributed by atoms with Crippen LogP contribution in [0.2, 0.25) is 0 Å². The zero-order valence-electron chi connectivity index (χ0n) is 13.9. The number of phenolic OH excluding ortho intramolecular Hbond substituents is 1.